The normalized spacial score (nSPS) is 12.2. The van der Waals surface area contributed by atoms with Crippen LogP contribution >= 0.6 is 22.6 Å². The number of fused-ring (bicyclic) bond motifs is 1. The molecule has 2 N–H and O–H groups in total. The van der Waals surface area contributed by atoms with E-state index in [1.165, 1.54) is 6.21 Å². The average molecular weight is 465 g/mol. The monoisotopic (exact) mass is 465 g/mol. The summed E-state index contributed by atoms with van der Waals surface area (Å²) >= 11 is 2.19. The molecule has 7 nitrogen and oxygen atoms in total. The van der Waals surface area contributed by atoms with Crippen molar-refractivity contribution in [1.82, 2.24) is 5.43 Å². The number of halogens is 1. The minimum absolute atomic E-state index is 0.0503. The number of amides is 2. The van der Waals surface area contributed by atoms with E-state index in [1.54, 1.807) is 18.2 Å². The van der Waals surface area contributed by atoms with Crippen LogP contribution in [0.3, 0.4) is 0 Å². The predicted molar refractivity (Wildman–Crippen MR) is 105 cm³/mol. The average Bonchev–Trinajstić information content (AvgIpc) is 3.10. The molecule has 2 aromatic carbocycles. The lowest BCUT2D eigenvalue weighted by atomic mass is 10.2. The van der Waals surface area contributed by atoms with Crippen LogP contribution in [0.4, 0.5) is 5.69 Å². The van der Waals surface area contributed by atoms with Gasteiger partial charge >= 0.3 is 0 Å². The topological polar surface area (TPSA) is 89.0 Å². The van der Waals surface area contributed by atoms with E-state index in [9.17, 15) is 9.59 Å². The van der Waals surface area contributed by atoms with E-state index < -0.39 is 0 Å². The van der Waals surface area contributed by atoms with Crippen LogP contribution in [0.25, 0.3) is 0 Å². The molecule has 2 aromatic rings. The largest absolute Gasteiger partial charge is 0.454 e. The zero-order chi connectivity index (χ0) is 18.4. The fourth-order valence-electron chi connectivity index (χ4n) is 2.21. The molecule has 3 rings (SSSR count). The molecule has 0 saturated carbocycles. The quantitative estimate of drug-likeness (QED) is 0.390. The number of nitrogens with zero attached hydrogens (tertiary/aromatic N) is 1. The molecule has 8 heteroatoms. The lowest BCUT2D eigenvalue weighted by Gasteiger charge is -2.05. The van der Waals surface area contributed by atoms with Gasteiger partial charge in [-0.25, -0.2) is 5.43 Å². The molecule has 0 aliphatic carbocycles. The predicted octanol–water partition coefficient (Wildman–Crippen LogP) is 2.89. The fourth-order valence-corrected chi connectivity index (χ4v) is 2.57. The summed E-state index contributed by atoms with van der Waals surface area (Å²) in [5.41, 5.74) is 3.88. The van der Waals surface area contributed by atoms with Crippen molar-refractivity contribution in [2.75, 3.05) is 12.1 Å². The van der Waals surface area contributed by atoms with Gasteiger partial charge < -0.3 is 14.8 Å². The molecular weight excluding hydrogens is 449 g/mol. The Morgan fingerprint density at radius 2 is 1.77 bits per heavy atom. The standard InChI is InChI=1S/C18H16IN3O4/c19-13-2-4-14(5-3-13)21-17(23)7-8-18(24)22-20-10-12-1-6-15-16(9-12)26-11-25-15/h1-6,9-10H,7-8,11H2,(H,21,23)(H,22,24)/b20-10+. The Bertz CT molecular complexity index is 837. The van der Waals surface area contributed by atoms with Gasteiger partial charge in [0.1, 0.15) is 0 Å². The number of nitrogens with one attached hydrogen (secondary N) is 2. The van der Waals surface area contributed by atoms with Gasteiger partial charge in [0.15, 0.2) is 11.5 Å². The lowest BCUT2D eigenvalue weighted by molar-refractivity contribution is -0.124. The highest BCUT2D eigenvalue weighted by atomic mass is 127. The van der Waals surface area contributed by atoms with Gasteiger partial charge in [-0.1, -0.05) is 0 Å². The maximum absolute atomic E-state index is 11.8. The number of hydrogen-bond acceptors (Lipinski definition) is 5. The van der Waals surface area contributed by atoms with Crippen LogP contribution in [-0.4, -0.2) is 24.8 Å². The molecule has 0 spiro atoms. The van der Waals surface area contributed by atoms with Crippen molar-refractivity contribution in [1.29, 1.82) is 0 Å². The Kier molecular flexibility index (Phi) is 6.05. The highest BCUT2D eigenvalue weighted by Gasteiger charge is 2.12. The second-order valence-corrected chi connectivity index (χ2v) is 6.71. The summed E-state index contributed by atoms with van der Waals surface area (Å²) in [7, 11) is 0. The number of hydrazone groups is 1. The molecule has 1 heterocycles. The SMILES string of the molecule is O=C(CCC(=O)Nc1ccc(I)cc1)N/N=C/c1ccc2c(c1)OCO2. The van der Waals surface area contributed by atoms with E-state index in [-0.39, 0.29) is 31.4 Å². The van der Waals surface area contributed by atoms with E-state index in [4.69, 9.17) is 9.47 Å². The maximum Gasteiger partial charge on any atom is 0.240 e. The number of hydrogen-bond donors (Lipinski definition) is 2. The van der Waals surface area contributed by atoms with E-state index in [2.05, 4.69) is 38.4 Å². The van der Waals surface area contributed by atoms with Crippen LogP contribution in [0.5, 0.6) is 11.5 Å². The van der Waals surface area contributed by atoms with E-state index in [0.29, 0.717) is 17.2 Å². The molecule has 0 bridgehead atoms. The third kappa shape index (κ3) is 5.19. The van der Waals surface area contributed by atoms with Crippen molar-refractivity contribution >= 4 is 46.3 Å². The third-order valence-electron chi connectivity index (χ3n) is 3.51. The first-order chi connectivity index (χ1) is 12.6. The van der Waals surface area contributed by atoms with E-state index in [0.717, 1.165) is 9.13 Å². The summed E-state index contributed by atoms with van der Waals surface area (Å²) in [6.45, 7) is 0.205. The summed E-state index contributed by atoms with van der Waals surface area (Å²) in [6, 6.07) is 12.8. The van der Waals surface area contributed by atoms with Crippen LogP contribution in [0.1, 0.15) is 18.4 Å². The van der Waals surface area contributed by atoms with Crippen molar-refractivity contribution in [3.8, 4) is 11.5 Å². The van der Waals surface area contributed by atoms with Gasteiger partial charge in [-0.05, 0) is 70.6 Å². The third-order valence-corrected chi connectivity index (χ3v) is 4.23. The number of carbonyl (C=O) groups excluding carboxylic acids is 2. The Morgan fingerprint density at radius 3 is 2.58 bits per heavy atom. The molecule has 0 aromatic heterocycles. The van der Waals surface area contributed by atoms with Crippen LogP contribution in [-0.2, 0) is 9.59 Å². The van der Waals surface area contributed by atoms with Crippen molar-refractivity contribution < 1.29 is 19.1 Å². The first-order valence-electron chi connectivity index (χ1n) is 7.87. The smallest absolute Gasteiger partial charge is 0.240 e. The molecule has 0 radical (unpaired) electrons. The Labute approximate surface area is 163 Å². The molecule has 1 aliphatic heterocycles. The highest BCUT2D eigenvalue weighted by Crippen LogP contribution is 2.31. The van der Waals surface area contributed by atoms with Gasteiger partial charge in [-0.15, -0.1) is 0 Å². The van der Waals surface area contributed by atoms with Crippen molar-refractivity contribution in [3.05, 3.63) is 51.6 Å². The number of carbonyl (C=O) groups is 2. The number of benzene rings is 2. The molecule has 0 unspecified atom stereocenters. The van der Waals surface area contributed by atoms with E-state index >= 15 is 0 Å². The molecule has 1 aliphatic rings. The molecular formula is C18H16IN3O4. The molecule has 0 saturated heterocycles. The van der Waals surface area contributed by atoms with Gasteiger partial charge in [-0.3, -0.25) is 9.59 Å². The summed E-state index contributed by atoms with van der Waals surface area (Å²) < 4.78 is 11.6. The Hall–Kier alpha value is -2.62. The Balaban J connectivity index is 1.41. The Morgan fingerprint density at radius 1 is 1.04 bits per heavy atom. The first kappa shape index (κ1) is 18.2. The van der Waals surface area contributed by atoms with E-state index in [1.807, 2.05) is 24.3 Å². The van der Waals surface area contributed by atoms with Crippen LogP contribution in [0, 0.1) is 3.57 Å². The second-order valence-electron chi connectivity index (χ2n) is 5.46. The molecule has 26 heavy (non-hydrogen) atoms. The van der Waals surface area contributed by atoms with Gasteiger partial charge in [0.2, 0.25) is 18.6 Å². The van der Waals surface area contributed by atoms with Gasteiger partial charge in [0, 0.05) is 22.1 Å². The van der Waals surface area contributed by atoms with Gasteiger partial charge in [0.25, 0.3) is 0 Å². The van der Waals surface area contributed by atoms with Gasteiger partial charge in [0.05, 0.1) is 6.21 Å². The van der Waals surface area contributed by atoms with Crippen molar-refractivity contribution in [3.63, 3.8) is 0 Å². The number of ether oxygens (including phenoxy) is 2. The van der Waals surface area contributed by atoms with Crippen molar-refractivity contribution in [2.24, 2.45) is 5.10 Å². The number of rotatable bonds is 6. The second kappa shape index (κ2) is 8.65. The molecule has 2 amide bonds. The molecule has 0 fully saturated rings. The zero-order valence-corrected chi connectivity index (χ0v) is 15.9. The lowest BCUT2D eigenvalue weighted by Crippen LogP contribution is -2.20. The number of anilines is 1. The first-order valence-corrected chi connectivity index (χ1v) is 8.95. The zero-order valence-electron chi connectivity index (χ0n) is 13.7. The summed E-state index contributed by atoms with van der Waals surface area (Å²) in [4.78, 5) is 23.6. The van der Waals surface area contributed by atoms with Crippen molar-refractivity contribution in [2.45, 2.75) is 12.8 Å². The minimum atomic E-state index is -0.334. The molecule has 134 valence electrons. The van der Waals surface area contributed by atoms with Crippen LogP contribution < -0.4 is 20.2 Å². The van der Waals surface area contributed by atoms with Crippen LogP contribution in [0.15, 0.2) is 47.6 Å². The maximum atomic E-state index is 11.8. The van der Waals surface area contributed by atoms with Gasteiger partial charge in [-0.2, -0.15) is 5.10 Å². The summed E-state index contributed by atoms with van der Waals surface area (Å²) in [5.74, 6) is 0.777. The fraction of sp³-hybridized carbons (Fsp3) is 0.167. The summed E-state index contributed by atoms with van der Waals surface area (Å²) in [5, 5.41) is 6.63. The summed E-state index contributed by atoms with van der Waals surface area (Å²) in [6.07, 6.45) is 1.64. The van der Waals surface area contributed by atoms with Crippen LogP contribution in [0.2, 0.25) is 0 Å². The molecule has 0 atom stereocenters. The minimum Gasteiger partial charge on any atom is -0.454 e. The highest BCUT2D eigenvalue weighted by molar-refractivity contribution is 14.1.